The van der Waals surface area contributed by atoms with E-state index in [9.17, 15) is 0 Å². The summed E-state index contributed by atoms with van der Waals surface area (Å²) in [6.07, 6.45) is 3.26. The van der Waals surface area contributed by atoms with E-state index in [1.165, 1.54) is 4.68 Å². The van der Waals surface area contributed by atoms with Crippen molar-refractivity contribution in [3.63, 3.8) is 0 Å². The van der Waals surface area contributed by atoms with Gasteiger partial charge in [0.2, 0.25) is 0 Å². The van der Waals surface area contributed by atoms with Crippen LogP contribution >= 0.6 is 11.6 Å². The second kappa shape index (κ2) is 3.94. The molecule has 0 saturated carbocycles. The molecule has 0 amide bonds. The summed E-state index contributed by atoms with van der Waals surface area (Å²) in [5.41, 5.74) is 6.71. The predicted octanol–water partition coefficient (Wildman–Crippen LogP) is 1.51. The molecule has 0 fully saturated rings. The monoisotopic (exact) mass is 235 g/mol. The van der Waals surface area contributed by atoms with E-state index in [0.717, 1.165) is 0 Å². The highest BCUT2D eigenvalue weighted by Crippen LogP contribution is 2.17. The Morgan fingerprint density at radius 1 is 1.56 bits per heavy atom. The van der Waals surface area contributed by atoms with Crippen LogP contribution in [0, 0.1) is 12.3 Å². The van der Waals surface area contributed by atoms with Gasteiger partial charge in [-0.05, 0) is 19.1 Å². The minimum atomic E-state index is -0.0487. The van der Waals surface area contributed by atoms with E-state index in [0.29, 0.717) is 22.1 Å². The van der Waals surface area contributed by atoms with Crippen LogP contribution < -0.4 is 5.73 Å². The fraction of sp³-hybridized carbons (Fsp3) is 0.100. The van der Waals surface area contributed by atoms with Gasteiger partial charge in [0.1, 0.15) is 5.84 Å². The van der Waals surface area contributed by atoms with Crippen molar-refractivity contribution in [1.82, 2.24) is 14.8 Å². The van der Waals surface area contributed by atoms with Crippen molar-refractivity contribution in [2.75, 3.05) is 0 Å². The van der Waals surface area contributed by atoms with Crippen LogP contribution in [0.25, 0.3) is 5.82 Å². The molecule has 0 unspecified atom stereocenters. The van der Waals surface area contributed by atoms with Crippen molar-refractivity contribution in [1.29, 1.82) is 5.41 Å². The molecular weight excluding hydrogens is 226 g/mol. The van der Waals surface area contributed by atoms with Gasteiger partial charge in [0.25, 0.3) is 0 Å². The Morgan fingerprint density at radius 2 is 2.31 bits per heavy atom. The van der Waals surface area contributed by atoms with Crippen LogP contribution in [0.15, 0.2) is 24.5 Å². The lowest BCUT2D eigenvalue weighted by Crippen LogP contribution is -2.16. The van der Waals surface area contributed by atoms with Gasteiger partial charge in [-0.15, -0.1) is 0 Å². The molecular formula is C10H10ClN5. The standard InChI is InChI=1S/C10H10ClN5/c1-6-8(11)5-16(15-6)10-7(9(12)13)3-2-4-14-10/h2-5H,1H3,(H3,12,13). The van der Waals surface area contributed by atoms with Gasteiger partial charge in [0.15, 0.2) is 5.82 Å². The second-order valence-corrected chi connectivity index (χ2v) is 3.70. The molecule has 0 aliphatic rings. The molecule has 2 aromatic heterocycles. The maximum absolute atomic E-state index is 7.45. The third-order valence-electron chi connectivity index (χ3n) is 2.13. The number of pyridine rings is 1. The summed E-state index contributed by atoms with van der Waals surface area (Å²) in [5, 5.41) is 12.2. The van der Waals surface area contributed by atoms with Crippen LogP contribution in [0.2, 0.25) is 5.02 Å². The Hall–Kier alpha value is -1.88. The SMILES string of the molecule is Cc1nn(-c2ncccc2C(=N)N)cc1Cl. The topological polar surface area (TPSA) is 80.6 Å². The van der Waals surface area contributed by atoms with Crippen LogP contribution in [0.1, 0.15) is 11.3 Å². The number of nitrogens with zero attached hydrogens (tertiary/aromatic N) is 3. The number of hydrogen-bond donors (Lipinski definition) is 2. The summed E-state index contributed by atoms with van der Waals surface area (Å²) in [6.45, 7) is 1.80. The minimum absolute atomic E-state index is 0.0487. The van der Waals surface area contributed by atoms with E-state index in [4.69, 9.17) is 22.7 Å². The van der Waals surface area contributed by atoms with Crippen molar-refractivity contribution in [3.8, 4) is 5.82 Å². The molecule has 5 nitrogen and oxygen atoms in total. The van der Waals surface area contributed by atoms with Crippen LogP contribution in [-0.4, -0.2) is 20.6 Å². The summed E-state index contributed by atoms with van der Waals surface area (Å²) in [7, 11) is 0. The molecule has 6 heteroatoms. The number of nitrogen functional groups attached to an aromatic ring is 1. The Bertz CT molecular complexity index is 526. The van der Waals surface area contributed by atoms with Crippen molar-refractivity contribution < 1.29 is 0 Å². The number of hydrogen-bond acceptors (Lipinski definition) is 3. The lowest BCUT2D eigenvalue weighted by molar-refractivity contribution is 0.830. The quantitative estimate of drug-likeness (QED) is 0.612. The van der Waals surface area contributed by atoms with Crippen molar-refractivity contribution in [2.45, 2.75) is 6.92 Å². The number of rotatable bonds is 2. The molecule has 0 aromatic carbocycles. The zero-order valence-corrected chi connectivity index (χ0v) is 9.36. The van der Waals surface area contributed by atoms with Gasteiger partial charge in [-0.1, -0.05) is 11.6 Å². The fourth-order valence-corrected chi connectivity index (χ4v) is 1.47. The first-order valence-electron chi connectivity index (χ1n) is 4.61. The average molecular weight is 236 g/mol. The van der Waals surface area contributed by atoms with E-state index < -0.39 is 0 Å². The fourth-order valence-electron chi connectivity index (χ4n) is 1.34. The molecule has 0 aliphatic heterocycles. The summed E-state index contributed by atoms with van der Waals surface area (Å²) in [6, 6.07) is 3.44. The molecule has 2 heterocycles. The molecule has 0 atom stereocenters. The number of nitrogens with two attached hydrogens (primary N) is 1. The predicted molar refractivity (Wildman–Crippen MR) is 62.1 cm³/mol. The zero-order chi connectivity index (χ0) is 11.7. The van der Waals surface area contributed by atoms with Gasteiger partial charge in [0, 0.05) is 6.20 Å². The first-order valence-corrected chi connectivity index (χ1v) is 4.99. The number of amidine groups is 1. The molecule has 3 N–H and O–H groups in total. The summed E-state index contributed by atoms with van der Waals surface area (Å²) >= 11 is 5.92. The normalized spacial score (nSPS) is 10.4. The molecule has 0 spiro atoms. The maximum Gasteiger partial charge on any atom is 0.164 e. The minimum Gasteiger partial charge on any atom is -0.384 e. The van der Waals surface area contributed by atoms with E-state index in [-0.39, 0.29) is 5.84 Å². The number of halogens is 1. The Morgan fingerprint density at radius 3 is 2.88 bits per heavy atom. The Kier molecular flexibility index (Phi) is 2.62. The van der Waals surface area contributed by atoms with Crippen LogP contribution in [0.3, 0.4) is 0 Å². The van der Waals surface area contributed by atoms with Crippen molar-refractivity contribution in [3.05, 3.63) is 40.8 Å². The molecule has 0 bridgehead atoms. The molecule has 16 heavy (non-hydrogen) atoms. The van der Waals surface area contributed by atoms with Gasteiger partial charge in [0.05, 0.1) is 22.5 Å². The summed E-state index contributed by atoms with van der Waals surface area (Å²) in [4.78, 5) is 4.15. The Labute approximate surface area is 97.4 Å². The molecule has 2 rings (SSSR count). The van der Waals surface area contributed by atoms with Crippen LogP contribution in [-0.2, 0) is 0 Å². The van der Waals surface area contributed by atoms with Crippen LogP contribution in [0.4, 0.5) is 0 Å². The molecule has 2 aromatic rings. The van der Waals surface area contributed by atoms with Gasteiger partial charge in [-0.2, -0.15) is 5.10 Å². The number of aromatic nitrogens is 3. The summed E-state index contributed by atoms with van der Waals surface area (Å²) in [5.74, 6) is 0.456. The number of nitrogens with one attached hydrogen (secondary N) is 1. The second-order valence-electron chi connectivity index (χ2n) is 3.30. The van der Waals surface area contributed by atoms with Gasteiger partial charge in [-0.3, -0.25) is 5.41 Å². The van der Waals surface area contributed by atoms with Gasteiger partial charge in [-0.25, -0.2) is 9.67 Å². The first-order chi connectivity index (χ1) is 7.59. The highest BCUT2D eigenvalue weighted by atomic mass is 35.5. The van der Waals surface area contributed by atoms with Crippen molar-refractivity contribution in [2.24, 2.45) is 5.73 Å². The summed E-state index contributed by atoms with van der Waals surface area (Å²) < 4.78 is 1.52. The third-order valence-corrected chi connectivity index (χ3v) is 2.50. The zero-order valence-electron chi connectivity index (χ0n) is 8.61. The van der Waals surface area contributed by atoms with Crippen LogP contribution in [0.5, 0.6) is 0 Å². The van der Waals surface area contributed by atoms with E-state index >= 15 is 0 Å². The Balaban J connectivity index is 2.59. The third kappa shape index (κ3) is 1.77. The van der Waals surface area contributed by atoms with Gasteiger partial charge < -0.3 is 5.73 Å². The lowest BCUT2D eigenvalue weighted by atomic mass is 10.2. The molecule has 82 valence electrons. The van der Waals surface area contributed by atoms with E-state index in [1.54, 1.807) is 31.5 Å². The first kappa shape index (κ1) is 10.6. The van der Waals surface area contributed by atoms with Crippen molar-refractivity contribution >= 4 is 17.4 Å². The number of aryl methyl sites for hydroxylation is 1. The average Bonchev–Trinajstić information content (AvgIpc) is 2.59. The molecule has 0 saturated heterocycles. The smallest absolute Gasteiger partial charge is 0.164 e. The molecule has 0 aliphatic carbocycles. The maximum atomic E-state index is 7.45. The largest absolute Gasteiger partial charge is 0.384 e. The molecule has 0 radical (unpaired) electrons. The highest BCUT2D eigenvalue weighted by Gasteiger charge is 2.10. The lowest BCUT2D eigenvalue weighted by Gasteiger charge is -2.05. The highest BCUT2D eigenvalue weighted by molar-refractivity contribution is 6.31. The van der Waals surface area contributed by atoms with E-state index in [1.807, 2.05) is 0 Å². The van der Waals surface area contributed by atoms with E-state index in [2.05, 4.69) is 10.1 Å². The van der Waals surface area contributed by atoms with Gasteiger partial charge >= 0.3 is 0 Å².